The van der Waals surface area contributed by atoms with Crippen molar-refractivity contribution in [2.45, 2.75) is 262 Å². The molecule has 6 N–H and O–H groups in total. The van der Waals surface area contributed by atoms with E-state index in [1.165, 1.54) is 109 Å². The molecule has 14 heteroatoms. The van der Waals surface area contributed by atoms with E-state index in [4.69, 9.17) is 18.5 Å². The van der Waals surface area contributed by atoms with Gasteiger partial charge in [0, 0.05) is 12.8 Å². The molecular formula is C51H93O13P. The van der Waals surface area contributed by atoms with Crippen LogP contribution in [0.15, 0.2) is 36.5 Å². The second-order valence-corrected chi connectivity index (χ2v) is 19.4. The molecule has 1 fully saturated rings. The molecule has 380 valence electrons. The zero-order valence-corrected chi connectivity index (χ0v) is 41.4. The molecule has 8 atom stereocenters. The van der Waals surface area contributed by atoms with E-state index in [1.54, 1.807) is 0 Å². The minimum atomic E-state index is -5.12. The van der Waals surface area contributed by atoms with Crippen molar-refractivity contribution in [3.63, 3.8) is 0 Å². The number of esters is 2. The first-order valence-corrected chi connectivity index (χ1v) is 27.3. The number of aliphatic hydroxyl groups is 5. The maximum atomic E-state index is 12.8. The van der Waals surface area contributed by atoms with Crippen LogP contribution in [0.5, 0.6) is 0 Å². The van der Waals surface area contributed by atoms with Gasteiger partial charge in [-0.1, -0.05) is 172 Å². The van der Waals surface area contributed by atoms with Gasteiger partial charge in [0.05, 0.1) is 6.61 Å². The highest BCUT2D eigenvalue weighted by molar-refractivity contribution is 7.47. The molecular weight excluding hydrogens is 852 g/mol. The van der Waals surface area contributed by atoms with Crippen molar-refractivity contribution in [3.05, 3.63) is 36.5 Å². The summed E-state index contributed by atoms with van der Waals surface area (Å²) in [6, 6.07) is 0. The molecule has 1 aliphatic rings. The third kappa shape index (κ3) is 33.3. The van der Waals surface area contributed by atoms with Crippen molar-refractivity contribution >= 4 is 19.8 Å². The van der Waals surface area contributed by atoms with E-state index < -0.39 is 75.7 Å². The molecule has 0 aromatic carbocycles. The fourth-order valence-corrected chi connectivity index (χ4v) is 8.76. The molecule has 0 heterocycles. The SMILES string of the molecule is CCCCC/C=C/C/C=C/CCCCCCCCCCCC(=O)O[C@H](COC(=O)CCCCCCCCC/C=C/CCCCCCCC)COP(=O)(O)OC1C(O)C(O)C(O)[C@@H](O)C1O. The van der Waals surface area contributed by atoms with Gasteiger partial charge in [0.15, 0.2) is 6.10 Å². The molecule has 0 aromatic heterocycles. The van der Waals surface area contributed by atoms with E-state index in [2.05, 4.69) is 50.3 Å². The Hall–Kier alpha value is -1.93. The maximum absolute atomic E-state index is 12.8. The van der Waals surface area contributed by atoms with Crippen LogP contribution in [-0.4, -0.2) is 98.3 Å². The van der Waals surface area contributed by atoms with Crippen LogP contribution in [0.1, 0.15) is 219 Å². The fraction of sp³-hybridized carbons (Fsp3) is 0.843. The van der Waals surface area contributed by atoms with Gasteiger partial charge in [0.25, 0.3) is 0 Å². The molecule has 0 saturated heterocycles. The van der Waals surface area contributed by atoms with Crippen LogP contribution in [0.4, 0.5) is 0 Å². The zero-order chi connectivity index (χ0) is 47.8. The number of phosphoric acid groups is 1. The Bertz CT molecular complexity index is 1280. The van der Waals surface area contributed by atoms with Crippen LogP contribution >= 0.6 is 7.82 Å². The average molecular weight is 945 g/mol. The number of allylic oxidation sites excluding steroid dienone is 6. The minimum Gasteiger partial charge on any atom is -0.462 e. The van der Waals surface area contributed by atoms with E-state index in [9.17, 15) is 44.6 Å². The highest BCUT2D eigenvalue weighted by Gasteiger charge is 2.51. The quantitative estimate of drug-likeness (QED) is 0.0146. The van der Waals surface area contributed by atoms with Gasteiger partial charge in [0.1, 0.15) is 43.2 Å². The standard InChI is InChI=1S/C51H93O13P/c1-3-5-7-9-11-13-15-17-19-21-22-24-26-28-30-32-34-36-38-40-45(53)63-43(42-62-65(59,60)64-51-49(57)47(55)46(54)48(56)50(51)58)41-61-44(52)39-37-35-33-31-29-27-25-23-20-18-16-14-12-10-8-6-4-2/h11,13,17-20,43,46-51,54-58H,3-10,12,14-16,21-42H2,1-2H3,(H,59,60)/b13-11+,19-17+,20-18+/t43-,46?,47-,48?,49?,50?,51?/m1/s1. The number of carbonyl (C=O) groups excluding carboxylic acids is 2. The lowest BCUT2D eigenvalue weighted by molar-refractivity contribution is -0.220. The second-order valence-electron chi connectivity index (χ2n) is 18.0. The highest BCUT2D eigenvalue weighted by Crippen LogP contribution is 2.47. The van der Waals surface area contributed by atoms with Gasteiger partial charge >= 0.3 is 19.8 Å². The lowest BCUT2D eigenvalue weighted by Gasteiger charge is -2.41. The normalized spacial score (nSPS) is 21.7. The van der Waals surface area contributed by atoms with Crippen LogP contribution in [0.25, 0.3) is 0 Å². The molecule has 1 rings (SSSR count). The summed E-state index contributed by atoms with van der Waals surface area (Å²) >= 11 is 0. The topological polar surface area (TPSA) is 210 Å². The van der Waals surface area contributed by atoms with Crippen molar-refractivity contribution in [3.8, 4) is 0 Å². The largest absolute Gasteiger partial charge is 0.472 e. The van der Waals surface area contributed by atoms with E-state index in [-0.39, 0.29) is 12.8 Å². The summed E-state index contributed by atoms with van der Waals surface area (Å²) in [5, 5.41) is 50.3. The molecule has 0 amide bonds. The maximum Gasteiger partial charge on any atom is 0.472 e. The second kappa shape index (κ2) is 41.1. The minimum absolute atomic E-state index is 0.0917. The summed E-state index contributed by atoms with van der Waals surface area (Å²) in [7, 11) is -5.12. The number of hydrogen-bond donors (Lipinski definition) is 6. The van der Waals surface area contributed by atoms with Gasteiger partial charge in [0.2, 0.25) is 0 Å². The smallest absolute Gasteiger partial charge is 0.462 e. The first-order valence-electron chi connectivity index (χ1n) is 25.8. The predicted octanol–water partition coefficient (Wildman–Crippen LogP) is 11.0. The lowest BCUT2D eigenvalue weighted by Crippen LogP contribution is -2.64. The first kappa shape index (κ1) is 61.1. The first-order chi connectivity index (χ1) is 31.4. The van der Waals surface area contributed by atoms with Crippen LogP contribution < -0.4 is 0 Å². The number of aliphatic hydroxyl groups excluding tert-OH is 5. The summed E-state index contributed by atoms with van der Waals surface area (Å²) in [5.41, 5.74) is 0. The number of unbranched alkanes of at least 4 members (excludes halogenated alkanes) is 25. The molecule has 0 spiro atoms. The van der Waals surface area contributed by atoms with Gasteiger partial charge in [-0.05, 0) is 70.6 Å². The van der Waals surface area contributed by atoms with Crippen LogP contribution in [-0.2, 0) is 32.7 Å². The predicted molar refractivity (Wildman–Crippen MR) is 258 cm³/mol. The molecule has 0 radical (unpaired) electrons. The number of phosphoric ester groups is 1. The van der Waals surface area contributed by atoms with Crippen molar-refractivity contribution < 1.29 is 63.1 Å². The van der Waals surface area contributed by atoms with Gasteiger partial charge in [-0.2, -0.15) is 0 Å². The number of carbonyl (C=O) groups is 2. The zero-order valence-electron chi connectivity index (χ0n) is 40.5. The third-order valence-electron chi connectivity index (χ3n) is 12.0. The summed E-state index contributed by atoms with van der Waals surface area (Å²) in [4.78, 5) is 35.8. The molecule has 1 aliphatic carbocycles. The van der Waals surface area contributed by atoms with E-state index in [0.29, 0.717) is 12.8 Å². The molecule has 0 aromatic rings. The van der Waals surface area contributed by atoms with E-state index in [0.717, 1.165) is 70.6 Å². The molecule has 13 nitrogen and oxygen atoms in total. The molecule has 0 bridgehead atoms. The van der Waals surface area contributed by atoms with Crippen molar-refractivity contribution in [2.75, 3.05) is 13.2 Å². The number of ether oxygens (including phenoxy) is 2. The fourth-order valence-electron chi connectivity index (χ4n) is 7.78. The number of hydrogen-bond acceptors (Lipinski definition) is 12. The summed E-state index contributed by atoms with van der Waals surface area (Å²) in [6.07, 6.45) is 34.7. The van der Waals surface area contributed by atoms with Crippen LogP contribution in [0.3, 0.4) is 0 Å². The molecule has 6 unspecified atom stereocenters. The highest BCUT2D eigenvalue weighted by atomic mass is 31.2. The Morgan fingerprint density at radius 2 is 0.831 bits per heavy atom. The Morgan fingerprint density at radius 1 is 0.477 bits per heavy atom. The molecule has 1 saturated carbocycles. The van der Waals surface area contributed by atoms with Crippen molar-refractivity contribution in [1.82, 2.24) is 0 Å². The summed E-state index contributed by atoms with van der Waals surface area (Å²) < 4.78 is 33.6. The molecule has 65 heavy (non-hydrogen) atoms. The van der Waals surface area contributed by atoms with E-state index in [1.807, 2.05) is 0 Å². The van der Waals surface area contributed by atoms with Crippen LogP contribution in [0, 0.1) is 0 Å². The Balaban J connectivity index is 2.40. The monoisotopic (exact) mass is 945 g/mol. The molecule has 0 aliphatic heterocycles. The van der Waals surface area contributed by atoms with Crippen LogP contribution in [0.2, 0.25) is 0 Å². The Labute approximate surface area is 393 Å². The van der Waals surface area contributed by atoms with Gasteiger partial charge in [-0.3, -0.25) is 18.6 Å². The third-order valence-corrected chi connectivity index (χ3v) is 12.9. The van der Waals surface area contributed by atoms with Gasteiger partial charge in [-0.15, -0.1) is 0 Å². The van der Waals surface area contributed by atoms with Crippen molar-refractivity contribution in [2.24, 2.45) is 0 Å². The summed E-state index contributed by atoms with van der Waals surface area (Å²) in [6.45, 7) is 3.29. The van der Waals surface area contributed by atoms with Gasteiger partial charge < -0.3 is 39.9 Å². The van der Waals surface area contributed by atoms with Gasteiger partial charge in [-0.25, -0.2) is 4.57 Å². The average Bonchev–Trinajstić information content (AvgIpc) is 3.29. The summed E-state index contributed by atoms with van der Waals surface area (Å²) in [5.74, 6) is -1.10. The lowest BCUT2D eigenvalue weighted by atomic mass is 9.85. The number of rotatable bonds is 43. The van der Waals surface area contributed by atoms with Crippen molar-refractivity contribution in [1.29, 1.82) is 0 Å². The Morgan fingerprint density at radius 3 is 1.29 bits per heavy atom. The van der Waals surface area contributed by atoms with E-state index >= 15 is 0 Å². The Kier molecular flexibility index (Phi) is 38.6.